The number of rotatable bonds is 50. The van der Waals surface area contributed by atoms with Gasteiger partial charge in [0.25, 0.3) is 0 Å². The van der Waals surface area contributed by atoms with Crippen LogP contribution in [0.1, 0.15) is 0 Å². The summed E-state index contributed by atoms with van der Waals surface area (Å²) < 4.78 is 0. The molecule has 0 aromatic carbocycles. The first-order valence-corrected chi connectivity index (χ1v) is 33.0. The molecule has 0 unspecified atom stereocenters. The van der Waals surface area contributed by atoms with Crippen molar-refractivity contribution in [3.05, 3.63) is 0 Å². The fraction of sp³-hybridized carbons (Fsp3) is 0.667. The van der Waals surface area contributed by atoms with Crippen molar-refractivity contribution in [3.63, 3.8) is 0 Å². The van der Waals surface area contributed by atoms with Gasteiger partial charge in [-0.2, -0.15) is 0 Å². The first kappa shape index (κ1) is 167. The summed E-state index contributed by atoms with van der Waals surface area (Å²) in [6, 6.07) is 0. The zero-order valence-corrected chi connectivity index (χ0v) is 78.4. The minimum atomic E-state index is -2.36. The molecule has 0 aliphatic heterocycles. The van der Waals surface area contributed by atoms with Gasteiger partial charge in [0, 0.05) is 0 Å². The number of carbonyl (C=O) groups excluding carboxylic acids is 20. The molecule has 0 aliphatic carbocycles. The van der Waals surface area contributed by atoms with Crippen LogP contribution in [0.3, 0.4) is 0 Å². The smallest absolute Gasteiger partial charge is 0.547 e. The van der Waals surface area contributed by atoms with Crippen molar-refractivity contribution in [2.75, 3.05) is 0 Å². The molecule has 777 valence electrons. The summed E-state index contributed by atoms with van der Waals surface area (Å²) in [6.45, 7) is 0. The summed E-state index contributed by atoms with van der Waals surface area (Å²) in [6.07, 6.45) is -86.5. The van der Waals surface area contributed by atoms with Gasteiger partial charge in [-0.15, -0.1) is 0 Å². The molecule has 40 N–H and O–H groups in total. The van der Waals surface area contributed by atoms with Crippen LogP contribution in [-0.2, 0) is 167 Å². The Morgan fingerprint density at radius 2 is 0.199 bits per heavy atom. The van der Waals surface area contributed by atoms with Crippen LogP contribution in [0.25, 0.3) is 0 Å². The Kier molecular flexibility index (Phi) is 110. The largest absolute Gasteiger partial charge is 3.00 e. The third kappa shape index (κ3) is 68.5. The van der Waals surface area contributed by atoms with Crippen LogP contribution in [0.5, 0.6) is 0 Å². The number of hydrogen-bond acceptors (Lipinski definition) is 70. The molecule has 0 bridgehead atoms. The van der Waals surface area contributed by atoms with E-state index in [1.54, 1.807) is 0 Å². The third-order valence-corrected chi connectivity index (χ3v) is 14.0. The predicted octanol–water partition coefficient (Wildman–Crippen LogP) is -49.6. The molecule has 0 spiro atoms. The maximum Gasteiger partial charge on any atom is 3.00 e. The molecule has 3 radical (unpaired) electrons. The van der Waals surface area contributed by atoms with E-state index in [0.717, 1.165) is 0 Å². The molecule has 136 heavy (non-hydrogen) atoms. The number of aliphatic hydroxyl groups excluding tert-OH is 40. The van der Waals surface area contributed by atoms with Crippen molar-refractivity contribution >= 4 is 146 Å². The Bertz CT molecular complexity index is 2660. The first-order chi connectivity index (χ1) is 59.1. The summed E-state index contributed by atoms with van der Waals surface area (Å²) in [5.41, 5.74) is 0. The number of aliphatic hydroxyl groups is 40. The molecule has 0 aliphatic rings. The van der Waals surface area contributed by atoms with Crippen LogP contribution >= 0.6 is 0 Å². The summed E-state index contributed by atoms with van der Waals surface area (Å²) >= 11 is 0. The SMILES string of the molecule is O=C[C@H](O)[C@@H](O)[C@@H](O)[C@H](O)C(=O)[O-].O=C[C@H](O)[C@@H](O)[C@@H](O)[C@H](O)C(=O)[O-].O=C[C@H](O)[C@@H](O)[C@@H](O)[C@H](O)C(=O)[O-].O=C[C@H](O)[C@@H](O)[C@@H](O)[C@H](O)C(=O)[O-].O=C[C@H](O)[C@@H](O)[C@@H](O)[C@H](O)C(=O)[O-].O=C[C@H](O)[C@@H](O)[C@@H](O)[C@H](O)C(=O)[O-].O=C[C@H](O)[C@@H](O)[C@@H](O)[C@H](O)C(=O)[O-].O=C[C@H](O)[C@@H](O)[C@@H](O)[C@H](O)C(=O)[O-].O=C[C@H](O)[C@@H](O)[C@@H](O)[C@H](O)C(=O)[O-].O=C[C@H](O)[C@@H](O)[C@@H](O)[C@H](O)C(=O)[O-].[Cr+3].[Cu+2].[K+].[Mg+2].[Mn+2].[Zn+2]. The Hall–Kier alpha value is -5.60. The summed E-state index contributed by atoms with van der Waals surface area (Å²) in [5, 5.41) is 448. The number of carboxylic acids is 10. The van der Waals surface area contributed by atoms with Gasteiger partial charge in [0.15, 0.2) is 62.9 Å². The molecule has 0 aromatic heterocycles. The van der Waals surface area contributed by atoms with Gasteiger partial charge in [-0.25, -0.2) is 0 Å². The van der Waals surface area contributed by atoms with Gasteiger partial charge in [0.05, 0.1) is 59.7 Å². The average molecular weight is 2230 g/mol. The Labute approximate surface area is 856 Å². The van der Waals surface area contributed by atoms with Crippen molar-refractivity contribution in [3.8, 4) is 0 Å². The van der Waals surface area contributed by atoms with Crippen LogP contribution in [0.15, 0.2) is 0 Å². The van der Waals surface area contributed by atoms with Crippen LogP contribution in [0.4, 0.5) is 0 Å². The molecule has 0 saturated heterocycles. The number of aldehydes is 10. The van der Waals surface area contributed by atoms with Crippen LogP contribution < -0.4 is 102 Å². The molecule has 0 fully saturated rings. The van der Waals surface area contributed by atoms with Crippen molar-refractivity contribution in [1.29, 1.82) is 0 Å². The van der Waals surface area contributed by atoms with Crippen LogP contribution in [0, 0.1) is 0 Å². The maximum atomic E-state index is 9.95. The monoisotopic (exact) mass is 2230 g/mol. The van der Waals surface area contributed by atoms with E-state index in [4.69, 9.17) is 204 Å². The van der Waals surface area contributed by atoms with Gasteiger partial charge in [0.2, 0.25) is 0 Å². The Morgan fingerprint density at radius 1 is 0.154 bits per heavy atom. The second-order valence-electron chi connectivity index (χ2n) is 23.7. The van der Waals surface area contributed by atoms with Gasteiger partial charge in [0.1, 0.15) is 244 Å². The number of hydrogen-bond donors (Lipinski definition) is 40. The molecule has 0 rings (SSSR count). The average Bonchev–Trinajstić information content (AvgIpc) is 0.954. The zero-order valence-electron chi connectivity index (χ0n) is 67.5. The first-order valence-electron chi connectivity index (χ1n) is 33.0. The molecule has 76 heteroatoms. The number of carbonyl (C=O) groups is 20. The molecule has 70 nitrogen and oxygen atoms in total. The fourth-order valence-electron chi connectivity index (χ4n) is 6.09. The summed E-state index contributed by atoms with van der Waals surface area (Å²) in [4.78, 5) is 198. The van der Waals surface area contributed by atoms with E-state index in [1.165, 1.54) is 0 Å². The van der Waals surface area contributed by atoms with E-state index in [-0.39, 0.29) is 208 Å². The molecule has 40 atom stereocenters. The molecule has 0 amide bonds. The van der Waals surface area contributed by atoms with Crippen molar-refractivity contribution in [2.45, 2.75) is 244 Å². The van der Waals surface area contributed by atoms with Gasteiger partial charge >= 0.3 is 145 Å². The quantitative estimate of drug-likeness (QED) is 0.0199. The molecule has 0 saturated carbocycles. The minimum absolute atomic E-state index is 0. The topological polar surface area (TPSA) is 1380 Å². The van der Waals surface area contributed by atoms with Gasteiger partial charge < -0.3 is 351 Å². The third-order valence-electron chi connectivity index (χ3n) is 14.0. The van der Waals surface area contributed by atoms with Crippen molar-refractivity contribution in [2.24, 2.45) is 0 Å². The van der Waals surface area contributed by atoms with Gasteiger partial charge in [-0.05, 0) is 0 Å². The Balaban J connectivity index is -0.0000000836. The van der Waals surface area contributed by atoms with E-state index in [1.807, 2.05) is 0 Å². The number of aliphatic carboxylic acids is 10. The second-order valence-corrected chi connectivity index (χ2v) is 23.7. The summed E-state index contributed by atoms with van der Waals surface area (Å²) in [5.74, 6) is -20.1. The number of carboxylic acid groups (broad SMARTS) is 10. The zero-order chi connectivity index (χ0) is 106. The second kappa shape index (κ2) is 89.5. The van der Waals surface area contributed by atoms with Gasteiger partial charge in [-0.3, -0.25) is 0 Å². The van der Waals surface area contributed by atoms with E-state index in [0.29, 0.717) is 0 Å². The molecular formula is C60H90CrCuKMgMnO70Zn+2. The van der Waals surface area contributed by atoms with Crippen molar-refractivity contribution in [1.82, 2.24) is 0 Å². The Morgan fingerprint density at radius 3 is 0.228 bits per heavy atom. The molecular weight excluding hydrogens is 2140 g/mol. The van der Waals surface area contributed by atoms with E-state index in [9.17, 15) is 147 Å². The fourth-order valence-corrected chi connectivity index (χ4v) is 6.09. The maximum absolute atomic E-state index is 9.95. The predicted molar refractivity (Wildman–Crippen MR) is 357 cm³/mol. The molecule has 0 aromatic rings. The van der Waals surface area contributed by atoms with E-state index >= 15 is 0 Å². The molecule has 0 heterocycles. The normalized spacial score (nSPS) is 19.1. The van der Waals surface area contributed by atoms with Crippen molar-refractivity contribution < 1.29 is 474 Å². The van der Waals surface area contributed by atoms with Gasteiger partial charge in [-0.1, -0.05) is 0 Å². The van der Waals surface area contributed by atoms with E-state index in [2.05, 4.69) is 0 Å². The van der Waals surface area contributed by atoms with E-state index < -0.39 is 304 Å². The summed E-state index contributed by atoms with van der Waals surface area (Å²) in [7, 11) is 0. The van der Waals surface area contributed by atoms with Crippen LogP contribution in [0.2, 0.25) is 0 Å². The minimum Gasteiger partial charge on any atom is -0.547 e. The van der Waals surface area contributed by atoms with Crippen LogP contribution in [-0.4, -0.2) is 594 Å². The standard InChI is InChI=1S/10C6H10O7.Cr.Cu.K.Mg.Mn.Zn/c10*7-1-2(8)3(9)4(10)5(11)6(12)13;;;;;;/h10*1-5,8-11H,(H,12,13);;;;;;/q;;;;;;;;;;+3;+2;+1;3*+2/p-10/t10*2-,3+,4+,5-;;;;;;/m0000000000....../s1.